The molecule has 2 aromatic carbocycles. The number of esters is 1. The molecule has 0 aliphatic carbocycles. The number of halogens is 1. The van der Waals surface area contributed by atoms with Gasteiger partial charge in [-0.25, -0.2) is 4.79 Å². The van der Waals surface area contributed by atoms with Gasteiger partial charge in [-0.1, -0.05) is 17.7 Å². The topological polar surface area (TPSA) is 106 Å². The molecule has 2 amide bonds. The van der Waals surface area contributed by atoms with Gasteiger partial charge in [-0.15, -0.1) is 0 Å². The van der Waals surface area contributed by atoms with Crippen molar-refractivity contribution in [3.63, 3.8) is 0 Å². The highest BCUT2D eigenvalue weighted by atomic mass is 35.5. The van der Waals surface area contributed by atoms with Gasteiger partial charge in [-0.3, -0.25) is 25.8 Å². The van der Waals surface area contributed by atoms with E-state index in [1.807, 2.05) is 13.8 Å². The predicted molar refractivity (Wildman–Crippen MR) is 116 cm³/mol. The minimum atomic E-state index is -0.566. The Kier molecular flexibility index (Phi) is 8.14. The molecule has 3 N–H and O–H groups in total. The lowest BCUT2D eigenvalue weighted by Crippen LogP contribution is -2.49. The number of hydrogen-bond donors (Lipinski definition) is 3. The first-order valence-corrected chi connectivity index (χ1v) is 9.48. The summed E-state index contributed by atoms with van der Waals surface area (Å²) >= 11 is 11.1. The normalized spacial score (nSPS) is 10.0. The van der Waals surface area contributed by atoms with Gasteiger partial charge in [0.25, 0.3) is 11.8 Å². The Bertz CT molecular complexity index is 973. The van der Waals surface area contributed by atoms with Crippen LogP contribution in [-0.2, 0) is 9.53 Å². The number of carbonyl (C=O) groups excluding carboxylic acids is 3. The molecule has 2 rings (SSSR count). The van der Waals surface area contributed by atoms with Crippen LogP contribution in [0.3, 0.4) is 0 Å². The summed E-state index contributed by atoms with van der Waals surface area (Å²) in [5.74, 6) is -1.13. The average molecular weight is 450 g/mol. The minimum absolute atomic E-state index is 0.130. The maximum absolute atomic E-state index is 12.2. The van der Waals surface area contributed by atoms with Gasteiger partial charge in [-0.05, 0) is 67.5 Å². The van der Waals surface area contributed by atoms with Crippen LogP contribution >= 0.6 is 23.8 Å². The quantitative estimate of drug-likeness (QED) is 0.366. The summed E-state index contributed by atoms with van der Waals surface area (Å²) in [6, 6.07) is 9.38. The number of amides is 2. The van der Waals surface area contributed by atoms with Gasteiger partial charge >= 0.3 is 5.97 Å². The zero-order valence-corrected chi connectivity index (χ0v) is 18.1. The van der Waals surface area contributed by atoms with Crippen LogP contribution in [0.2, 0.25) is 5.02 Å². The van der Waals surface area contributed by atoms with Crippen LogP contribution in [0.25, 0.3) is 0 Å². The Morgan fingerprint density at radius 2 is 1.67 bits per heavy atom. The van der Waals surface area contributed by atoms with Gasteiger partial charge in [0.05, 0.1) is 12.7 Å². The maximum atomic E-state index is 12.2. The second kappa shape index (κ2) is 10.6. The first kappa shape index (κ1) is 23.1. The van der Waals surface area contributed by atoms with Gasteiger partial charge in [-0.2, -0.15) is 0 Å². The molecule has 0 spiro atoms. The van der Waals surface area contributed by atoms with Gasteiger partial charge in [0.1, 0.15) is 5.75 Å². The Hall–Kier alpha value is -3.17. The number of hydrazine groups is 1. The third-order valence-electron chi connectivity index (χ3n) is 3.87. The first-order valence-electron chi connectivity index (χ1n) is 8.69. The summed E-state index contributed by atoms with van der Waals surface area (Å²) in [6.07, 6.45) is 0. The molecule has 0 fully saturated rings. The molecule has 0 aromatic heterocycles. The fourth-order valence-corrected chi connectivity index (χ4v) is 2.67. The minimum Gasteiger partial charge on any atom is -0.484 e. The third-order valence-corrected chi connectivity index (χ3v) is 4.67. The molecular weight excluding hydrogens is 430 g/mol. The lowest BCUT2D eigenvalue weighted by Gasteiger charge is -2.12. The molecule has 0 saturated heterocycles. The molecule has 8 nitrogen and oxygen atoms in total. The number of rotatable bonds is 5. The van der Waals surface area contributed by atoms with Crippen LogP contribution in [0, 0.1) is 13.8 Å². The molecule has 0 aliphatic rings. The molecule has 0 bridgehead atoms. The summed E-state index contributed by atoms with van der Waals surface area (Å²) in [7, 11) is 1.25. The van der Waals surface area contributed by atoms with Crippen LogP contribution < -0.4 is 20.9 Å². The largest absolute Gasteiger partial charge is 0.484 e. The Morgan fingerprint density at radius 1 is 1.03 bits per heavy atom. The summed E-state index contributed by atoms with van der Waals surface area (Å²) < 4.78 is 10.0. The molecule has 10 heteroatoms. The van der Waals surface area contributed by atoms with E-state index in [1.54, 1.807) is 12.1 Å². The number of benzene rings is 2. The summed E-state index contributed by atoms with van der Waals surface area (Å²) in [4.78, 5) is 35.7. The molecule has 158 valence electrons. The van der Waals surface area contributed by atoms with Crippen LogP contribution in [0.1, 0.15) is 31.8 Å². The van der Waals surface area contributed by atoms with Crippen molar-refractivity contribution >= 4 is 46.7 Å². The third kappa shape index (κ3) is 6.43. The smallest absolute Gasteiger partial charge is 0.337 e. The van der Waals surface area contributed by atoms with E-state index in [-0.39, 0.29) is 22.8 Å². The van der Waals surface area contributed by atoms with Crippen molar-refractivity contribution < 1.29 is 23.9 Å². The molecule has 0 heterocycles. The zero-order chi connectivity index (χ0) is 22.3. The molecule has 30 heavy (non-hydrogen) atoms. The van der Waals surface area contributed by atoms with Crippen molar-refractivity contribution in [2.75, 3.05) is 13.7 Å². The Balaban J connectivity index is 1.82. The number of hydrogen-bond acceptors (Lipinski definition) is 6. The molecule has 2 aromatic rings. The van der Waals surface area contributed by atoms with Crippen LogP contribution in [0.15, 0.2) is 36.4 Å². The number of ether oxygens (including phenoxy) is 2. The molecule has 0 saturated carbocycles. The first-order chi connectivity index (χ1) is 14.2. The van der Waals surface area contributed by atoms with Gasteiger partial charge < -0.3 is 9.47 Å². The SMILES string of the molecule is COC(=O)c1cccc(C(=O)NC(=S)NNC(=O)COc2cc(C)c(Cl)c(C)c2)c1. The van der Waals surface area contributed by atoms with E-state index in [0.717, 1.165) is 11.1 Å². The van der Waals surface area contributed by atoms with Crippen molar-refractivity contribution in [3.8, 4) is 5.75 Å². The number of aryl methyl sites for hydroxylation is 2. The van der Waals surface area contributed by atoms with Gasteiger partial charge in [0.15, 0.2) is 11.7 Å². The number of thiocarbonyl (C=S) groups is 1. The lowest BCUT2D eigenvalue weighted by molar-refractivity contribution is -0.123. The number of carbonyl (C=O) groups is 3. The second-order valence-electron chi connectivity index (χ2n) is 6.19. The second-order valence-corrected chi connectivity index (χ2v) is 6.97. The number of methoxy groups -OCH3 is 1. The van der Waals surface area contributed by atoms with E-state index in [1.165, 1.54) is 31.4 Å². The van der Waals surface area contributed by atoms with Crippen LogP contribution in [0.5, 0.6) is 5.75 Å². The lowest BCUT2D eigenvalue weighted by atomic mass is 10.1. The summed E-state index contributed by atoms with van der Waals surface area (Å²) in [5.41, 5.74) is 6.83. The van der Waals surface area contributed by atoms with Crippen molar-refractivity contribution in [2.24, 2.45) is 0 Å². The van der Waals surface area contributed by atoms with Crippen molar-refractivity contribution in [1.82, 2.24) is 16.2 Å². The highest BCUT2D eigenvalue weighted by molar-refractivity contribution is 7.80. The van der Waals surface area contributed by atoms with Crippen molar-refractivity contribution in [1.29, 1.82) is 0 Å². The average Bonchev–Trinajstić information content (AvgIpc) is 2.73. The molecule has 0 unspecified atom stereocenters. The highest BCUT2D eigenvalue weighted by Crippen LogP contribution is 2.25. The molecule has 0 aliphatic heterocycles. The Morgan fingerprint density at radius 3 is 2.30 bits per heavy atom. The van der Waals surface area contributed by atoms with E-state index < -0.39 is 17.8 Å². The Labute approximate surface area is 183 Å². The van der Waals surface area contributed by atoms with Crippen molar-refractivity contribution in [3.05, 3.63) is 63.7 Å². The zero-order valence-electron chi connectivity index (χ0n) is 16.5. The van der Waals surface area contributed by atoms with Crippen LogP contribution in [-0.4, -0.2) is 36.6 Å². The number of nitrogens with one attached hydrogen (secondary N) is 3. The molecule has 0 atom stereocenters. The summed E-state index contributed by atoms with van der Waals surface area (Å²) in [6.45, 7) is 3.41. The van der Waals surface area contributed by atoms with E-state index >= 15 is 0 Å². The predicted octanol–water partition coefficient (Wildman–Crippen LogP) is 2.46. The fraction of sp³-hybridized carbons (Fsp3) is 0.200. The van der Waals surface area contributed by atoms with Crippen molar-refractivity contribution in [2.45, 2.75) is 13.8 Å². The van der Waals surface area contributed by atoms with E-state index in [2.05, 4.69) is 20.9 Å². The standard InChI is InChI=1S/C20H20ClN3O5S/c1-11-7-15(8-12(2)17(11)21)29-10-16(25)23-24-20(30)22-18(26)13-5-4-6-14(9-13)19(27)28-3/h4-9H,10H2,1-3H3,(H,23,25)(H2,22,24,26,30). The van der Waals surface area contributed by atoms with E-state index in [0.29, 0.717) is 10.8 Å². The fourth-order valence-electron chi connectivity index (χ4n) is 2.41. The molecule has 0 radical (unpaired) electrons. The van der Waals surface area contributed by atoms with Crippen LogP contribution in [0.4, 0.5) is 0 Å². The van der Waals surface area contributed by atoms with E-state index in [9.17, 15) is 14.4 Å². The highest BCUT2D eigenvalue weighted by Gasteiger charge is 2.12. The van der Waals surface area contributed by atoms with Gasteiger partial charge in [0.2, 0.25) is 0 Å². The van der Waals surface area contributed by atoms with Gasteiger partial charge in [0, 0.05) is 10.6 Å². The maximum Gasteiger partial charge on any atom is 0.337 e. The molecular formula is C20H20ClN3O5S. The van der Waals surface area contributed by atoms with E-state index in [4.69, 9.17) is 28.6 Å². The monoisotopic (exact) mass is 449 g/mol. The summed E-state index contributed by atoms with van der Waals surface area (Å²) in [5, 5.41) is 2.91.